The van der Waals surface area contributed by atoms with Gasteiger partial charge in [0.15, 0.2) is 0 Å². The maximum Gasteiger partial charge on any atom is 0.0623 e. The molecule has 1 rings (SSSR count). The quantitative estimate of drug-likeness (QED) is 0.619. The highest BCUT2D eigenvalue weighted by Gasteiger charge is 2.46. The fourth-order valence-electron chi connectivity index (χ4n) is 2.43. The monoisotopic (exact) mass is 186 g/mol. The van der Waals surface area contributed by atoms with Crippen molar-refractivity contribution in [2.24, 2.45) is 0 Å². The average molecular weight is 186 g/mol. The van der Waals surface area contributed by atoms with Gasteiger partial charge in [0, 0.05) is 11.1 Å². The number of piperidine rings is 1. The van der Waals surface area contributed by atoms with Crippen LogP contribution >= 0.6 is 0 Å². The van der Waals surface area contributed by atoms with Gasteiger partial charge in [-0.05, 0) is 40.5 Å². The largest absolute Gasteiger partial charge is 0.393 e. The summed E-state index contributed by atoms with van der Waals surface area (Å²) in [4.78, 5) is 4.39. The fourth-order valence-corrected chi connectivity index (χ4v) is 2.43. The summed E-state index contributed by atoms with van der Waals surface area (Å²) in [5.74, 6) is 8.79. The molecule has 76 valence electrons. The molecular weight excluding hydrogens is 168 g/mol. The second kappa shape index (κ2) is 3.20. The molecule has 0 unspecified atom stereocenters. The van der Waals surface area contributed by atoms with E-state index in [1.165, 1.54) is 0 Å². The van der Waals surface area contributed by atoms with Crippen LogP contribution < -0.4 is 5.90 Å². The lowest BCUT2D eigenvalue weighted by Crippen LogP contribution is -2.61. The summed E-state index contributed by atoms with van der Waals surface area (Å²) < 4.78 is 0. The molecular formula is C9H18N2O2. The van der Waals surface area contributed by atoms with Gasteiger partial charge in [-0.1, -0.05) is 0 Å². The fraction of sp³-hybridized carbons (Fsp3) is 1.00. The molecule has 1 fully saturated rings. The SMILES string of the molecule is CC1(C)CC(O)CC(C)(C)N1O[N]. The summed E-state index contributed by atoms with van der Waals surface area (Å²) in [5.41, 5.74) is -0.675. The Kier molecular flexibility index (Phi) is 2.69. The smallest absolute Gasteiger partial charge is 0.0623 e. The topological polar surface area (TPSA) is 55.0 Å². The van der Waals surface area contributed by atoms with Gasteiger partial charge in [0.1, 0.15) is 0 Å². The summed E-state index contributed by atoms with van der Waals surface area (Å²) >= 11 is 0. The average Bonchev–Trinajstić information content (AvgIpc) is 1.79. The molecule has 4 heteroatoms. The molecule has 1 saturated heterocycles. The third kappa shape index (κ3) is 2.02. The van der Waals surface area contributed by atoms with Crippen molar-refractivity contribution in [2.75, 3.05) is 0 Å². The Morgan fingerprint density at radius 2 is 1.62 bits per heavy atom. The molecule has 0 aromatic carbocycles. The van der Waals surface area contributed by atoms with E-state index in [1.54, 1.807) is 5.06 Å². The highest BCUT2D eigenvalue weighted by molar-refractivity contribution is 4.96. The zero-order valence-electron chi connectivity index (χ0n) is 8.74. The van der Waals surface area contributed by atoms with E-state index in [-0.39, 0.29) is 17.2 Å². The van der Waals surface area contributed by atoms with E-state index in [9.17, 15) is 5.11 Å². The third-order valence-corrected chi connectivity index (χ3v) is 2.65. The van der Waals surface area contributed by atoms with Crippen LogP contribution in [-0.2, 0) is 4.94 Å². The van der Waals surface area contributed by atoms with E-state index >= 15 is 0 Å². The minimum absolute atomic E-state index is 0.323. The van der Waals surface area contributed by atoms with Crippen molar-refractivity contribution in [1.29, 1.82) is 0 Å². The maximum absolute atomic E-state index is 9.63. The van der Waals surface area contributed by atoms with Gasteiger partial charge in [0.2, 0.25) is 0 Å². The van der Waals surface area contributed by atoms with Gasteiger partial charge in [-0.2, -0.15) is 10.0 Å². The van der Waals surface area contributed by atoms with Crippen LogP contribution in [-0.4, -0.2) is 27.4 Å². The molecule has 0 amide bonds. The zero-order chi connectivity index (χ0) is 10.3. The molecule has 1 aliphatic rings. The first-order chi connectivity index (χ1) is 5.79. The highest BCUT2D eigenvalue weighted by Crippen LogP contribution is 2.37. The standard InChI is InChI=1S/C9H18N2O2/c1-8(2)5-7(12)6-9(3,4)11(8)13-10/h7,12H,5-6H2,1-4H3. The molecule has 0 spiro atoms. The second-order valence-electron chi connectivity index (χ2n) is 5.06. The third-order valence-electron chi connectivity index (χ3n) is 2.65. The number of hydrogen-bond donors (Lipinski definition) is 1. The van der Waals surface area contributed by atoms with Crippen molar-refractivity contribution in [3.63, 3.8) is 0 Å². The zero-order valence-corrected chi connectivity index (χ0v) is 8.74. The van der Waals surface area contributed by atoms with Gasteiger partial charge in [0.05, 0.1) is 12.0 Å². The van der Waals surface area contributed by atoms with Crippen LogP contribution in [0.2, 0.25) is 0 Å². The van der Waals surface area contributed by atoms with Gasteiger partial charge in [-0.15, -0.1) is 0 Å². The van der Waals surface area contributed by atoms with Gasteiger partial charge >= 0.3 is 0 Å². The van der Waals surface area contributed by atoms with Crippen LogP contribution in [0.15, 0.2) is 0 Å². The Bertz CT molecular complexity index is 174. The van der Waals surface area contributed by atoms with Crippen molar-refractivity contribution in [2.45, 2.75) is 57.7 Å². The molecule has 1 N–H and O–H groups in total. The summed E-state index contributed by atoms with van der Waals surface area (Å²) in [7, 11) is 0. The lowest BCUT2D eigenvalue weighted by molar-refractivity contribution is -0.302. The number of aliphatic hydroxyl groups is 1. The molecule has 13 heavy (non-hydrogen) atoms. The second-order valence-corrected chi connectivity index (χ2v) is 5.06. The predicted octanol–water partition coefficient (Wildman–Crippen LogP) is 0.916. The Morgan fingerprint density at radius 3 is 1.92 bits per heavy atom. The molecule has 0 aliphatic carbocycles. The molecule has 2 radical (unpaired) electrons. The van der Waals surface area contributed by atoms with Gasteiger partial charge in [0.25, 0.3) is 0 Å². The molecule has 1 aliphatic heterocycles. The van der Waals surface area contributed by atoms with Crippen LogP contribution in [0.1, 0.15) is 40.5 Å². The normalized spacial score (nSPS) is 29.1. The Hall–Kier alpha value is -0.160. The minimum atomic E-state index is -0.337. The Balaban J connectivity index is 2.88. The first-order valence-electron chi connectivity index (χ1n) is 4.59. The highest BCUT2D eigenvalue weighted by atomic mass is 16.8. The number of aliphatic hydroxyl groups excluding tert-OH is 1. The number of hydrogen-bond acceptors (Lipinski definition) is 3. The first-order valence-corrected chi connectivity index (χ1v) is 4.59. The van der Waals surface area contributed by atoms with E-state index in [2.05, 4.69) is 4.94 Å². The van der Waals surface area contributed by atoms with Crippen molar-refractivity contribution in [1.82, 2.24) is 11.0 Å². The van der Waals surface area contributed by atoms with Gasteiger partial charge in [-0.3, -0.25) is 0 Å². The molecule has 0 atom stereocenters. The molecule has 0 bridgehead atoms. The lowest BCUT2D eigenvalue weighted by Gasteiger charge is -2.50. The first kappa shape index (κ1) is 10.9. The van der Waals surface area contributed by atoms with E-state index < -0.39 is 0 Å². The van der Waals surface area contributed by atoms with Gasteiger partial charge < -0.3 is 5.11 Å². The summed E-state index contributed by atoms with van der Waals surface area (Å²) in [6.07, 6.45) is 0.893. The van der Waals surface area contributed by atoms with Crippen molar-refractivity contribution < 1.29 is 10.0 Å². The number of rotatable bonds is 1. The maximum atomic E-state index is 9.63. The van der Waals surface area contributed by atoms with Crippen LogP contribution in [0, 0.1) is 0 Å². The Morgan fingerprint density at radius 1 is 1.23 bits per heavy atom. The summed E-state index contributed by atoms with van der Waals surface area (Å²) in [6.45, 7) is 7.75. The number of hydroxylamine groups is 2. The van der Waals surface area contributed by atoms with E-state index in [0.29, 0.717) is 12.8 Å². The van der Waals surface area contributed by atoms with Crippen LogP contribution in [0.25, 0.3) is 0 Å². The molecule has 0 aromatic rings. The Labute approximate surface area is 79.6 Å². The van der Waals surface area contributed by atoms with Crippen molar-refractivity contribution >= 4 is 0 Å². The van der Waals surface area contributed by atoms with Crippen LogP contribution in [0.4, 0.5) is 0 Å². The minimum Gasteiger partial charge on any atom is -0.393 e. The molecule has 1 heterocycles. The number of nitrogens with zero attached hydrogens (tertiary/aromatic N) is 2. The lowest BCUT2D eigenvalue weighted by atomic mass is 9.80. The van der Waals surface area contributed by atoms with Crippen molar-refractivity contribution in [3.8, 4) is 0 Å². The van der Waals surface area contributed by atoms with Crippen molar-refractivity contribution in [3.05, 3.63) is 0 Å². The molecule has 0 aromatic heterocycles. The van der Waals surface area contributed by atoms with Gasteiger partial charge in [-0.25, -0.2) is 0 Å². The summed E-state index contributed by atoms with van der Waals surface area (Å²) in [5, 5.41) is 11.2. The predicted molar refractivity (Wildman–Crippen MR) is 48.5 cm³/mol. The molecule has 4 nitrogen and oxygen atoms in total. The molecule has 0 saturated carbocycles. The van der Waals surface area contributed by atoms with Crippen LogP contribution in [0.3, 0.4) is 0 Å². The van der Waals surface area contributed by atoms with E-state index in [1.807, 2.05) is 27.7 Å². The van der Waals surface area contributed by atoms with Crippen LogP contribution in [0.5, 0.6) is 0 Å². The summed E-state index contributed by atoms with van der Waals surface area (Å²) in [6, 6.07) is 0. The van der Waals surface area contributed by atoms with E-state index in [0.717, 1.165) is 0 Å². The van der Waals surface area contributed by atoms with E-state index in [4.69, 9.17) is 5.90 Å².